The number of phosphoric ester groups is 1. The van der Waals surface area contributed by atoms with E-state index in [1.54, 1.807) is 37.5 Å². The van der Waals surface area contributed by atoms with Gasteiger partial charge in [-0.25, -0.2) is 29.0 Å². The zero-order valence-corrected chi connectivity index (χ0v) is 31.0. The molecule has 6 N–H and O–H groups in total. The van der Waals surface area contributed by atoms with Crippen LogP contribution in [0.25, 0.3) is 22.3 Å². The van der Waals surface area contributed by atoms with Crippen LogP contribution in [0.3, 0.4) is 0 Å². The summed E-state index contributed by atoms with van der Waals surface area (Å²) in [6, 6.07) is -0.800. The number of rotatable bonds is 6. The first-order valence-corrected chi connectivity index (χ1v) is 19.4. The number of hydrogen-bond donors (Lipinski definition) is 4. The number of nitrogen functional groups attached to an aromatic ring is 2. The minimum absolute atomic E-state index is 0.00141. The highest BCUT2D eigenvalue weighted by Gasteiger charge is 2.72. The zero-order valence-electron chi connectivity index (χ0n) is 29.2. The van der Waals surface area contributed by atoms with Crippen LogP contribution in [0.5, 0.6) is 0 Å². The number of ether oxygens (including phenoxy) is 3. The molecule has 2 aliphatic carbocycles. The van der Waals surface area contributed by atoms with Gasteiger partial charge >= 0.3 is 21.8 Å². The average molecular weight is 792 g/mol. The topological polar surface area (TPSA) is 295 Å². The molecule has 6 heterocycles. The summed E-state index contributed by atoms with van der Waals surface area (Å²) >= 11 is 0. The summed E-state index contributed by atoms with van der Waals surface area (Å²) in [5, 5.41) is 12.0. The molecule has 11 atom stereocenters. The number of H-pyrrole nitrogens is 1. The molecule has 8 rings (SSSR count). The quantitative estimate of drug-likeness (QED) is 0.0927. The Bertz CT molecular complexity index is 2290. The molecule has 1 saturated carbocycles. The van der Waals surface area contributed by atoms with Crippen molar-refractivity contribution in [3.8, 4) is 0 Å². The fourth-order valence-electron chi connectivity index (χ4n) is 7.49. The number of carbonyl (C=O) groups excluding carboxylic acids is 1. The van der Waals surface area contributed by atoms with Crippen LogP contribution in [0.4, 0.5) is 11.8 Å². The number of anilines is 2. The van der Waals surface area contributed by atoms with Gasteiger partial charge < -0.3 is 35.4 Å². The molecule has 4 aliphatic rings. The first kappa shape index (κ1) is 36.7. The van der Waals surface area contributed by atoms with Crippen molar-refractivity contribution < 1.29 is 51.3 Å². The summed E-state index contributed by atoms with van der Waals surface area (Å²) in [7, 11) is -6.22. The van der Waals surface area contributed by atoms with Gasteiger partial charge in [0.05, 0.1) is 36.1 Å². The fourth-order valence-corrected chi connectivity index (χ4v) is 10.4. The highest BCUT2D eigenvalue weighted by Crippen LogP contribution is 2.66. The molecule has 3 fully saturated rings. The third-order valence-corrected chi connectivity index (χ3v) is 13.2. The van der Waals surface area contributed by atoms with E-state index in [1.165, 1.54) is 30.7 Å². The van der Waals surface area contributed by atoms with Crippen LogP contribution in [0.15, 0.2) is 35.9 Å². The van der Waals surface area contributed by atoms with Gasteiger partial charge in [0.1, 0.15) is 42.9 Å². The summed E-state index contributed by atoms with van der Waals surface area (Å²) in [5.74, 6) is -1.32. The number of esters is 1. The van der Waals surface area contributed by atoms with Gasteiger partial charge in [-0.2, -0.15) is 4.98 Å². The molecular formula is C30H37N10O12P2+. The lowest BCUT2D eigenvalue weighted by molar-refractivity contribution is -0.161. The lowest BCUT2D eigenvalue weighted by Crippen LogP contribution is -2.44. The number of aliphatic hydroxyl groups is 1. The van der Waals surface area contributed by atoms with E-state index in [1.807, 2.05) is 0 Å². The molecule has 2 saturated heterocycles. The third kappa shape index (κ3) is 5.84. The number of fused-ring (bicyclic) bond motifs is 4. The van der Waals surface area contributed by atoms with Crippen molar-refractivity contribution in [1.82, 2.24) is 39.0 Å². The Morgan fingerprint density at radius 1 is 1.17 bits per heavy atom. The predicted molar refractivity (Wildman–Crippen MR) is 184 cm³/mol. The van der Waals surface area contributed by atoms with Crippen molar-refractivity contribution in [2.45, 2.75) is 63.1 Å². The van der Waals surface area contributed by atoms with Crippen molar-refractivity contribution in [1.29, 1.82) is 0 Å². The van der Waals surface area contributed by atoms with Crippen LogP contribution in [0.1, 0.15) is 33.0 Å². The molecule has 1 spiro atoms. The van der Waals surface area contributed by atoms with Crippen LogP contribution >= 0.6 is 15.9 Å². The van der Waals surface area contributed by atoms with Gasteiger partial charge in [-0.15, -0.1) is 4.52 Å². The number of aromatic amines is 1. The van der Waals surface area contributed by atoms with E-state index >= 15 is 0 Å². The van der Waals surface area contributed by atoms with Crippen LogP contribution in [0, 0.1) is 16.7 Å². The molecule has 54 heavy (non-hydrogen) atoms. The molecule has 0 aromatic carbocycles. The highest BCUT2D eigenvalue weighted by molar-refractivity contribution is 7.48. The van der Waals surface area contributed by atoms with Crippen molar-refractivity contribution in [2.75, 3.05) is 38.6 Å². The van der Waals surface area contributed by atoms with Crippen molar-refractivity contribution in [2.24, 2.45) is 16.7 Å². The maximum Gasteiger partial charge on any atom is 0.515 e. The Labute approximate surface area is 306 Å². The van der Waals surface area contributed by atoms with Gasteiger partial charge in [0.15, 0.2) is 28.9 Å². The first-order valence-electron chi connectivity index (χ1n) is 16.7. The fraction of sp³-hybridized carbons (Fsp3) is 0.567. The van der Waals surface area contributed by atoms with Gasteiger partial charge in [0.2, 0.25) is 18.4 Å². The Morgan fingerprint density at radius 2 is 1.93 bits per heavy atom. The summed E-state index contributed by atoms with van der Waals surface area (Å²) in [6.45, 7) is 3.23. The molecule has 4 aromatic rings. The average Bonchev–Trinajstić information content (AvgIpc) is 3.84. The molecule has 24 heteroatoms. The number of carbonyl (C=O) groups is 1. The largest absolute Gasteiger partial charge is 0.515 e. The second-order valence-electron chi connectivity index (χ2n) is 14.3. The normalized spacial score (nSPS) is 34.6. The summed E-state index contributed by atoms with van der Waals surface area (Å²) in [6.07, 6.45) is 1.36. The van der Waals surface area contributed by atoms with Crippen molar-refractivity contribution in [3.63, 3.8) is 0 Å². The Kier molecular flexibility index (Phi) is 8.98. The SMILES string of the molecule is CO[C@H]1[C@H]2OP(=O)(OCOC(=O)C(C)(C)C)OCC34C=C[C@@H]3[C@@H](n3cnc5c(N)ncnc53)[C@H](O)[C@@H]4[P+](=O)OC[C@H]1O[C@H]2n1cnc2c(=O)[nH]c(N)nc21. The maximum atomic E-state index is 14.9. The smallest absolute Gasteiger partial charge is 0.437 e. The number of nitrogens with zero attached hydrogens (tertiary/aromatic N) is 7. The van der Waals surface area contributed by atoms with Gasteiger partial charge in [-0.1, -0.05) is 12.2 Å². The molecule has 2 aliphatic heterocycles. The van der Waals surface area contributed by atoms with Crippen molar-refractivity contribution >= 4 is 55.9 Å². The van der Waals surface area contributed by atoms with E-state index in [-0.39, 0.29) is 29.5 Å². The number of aliphatic hydroxyl groups excluding tert-OH is 1. The van der Waals surface area contributed by atoms with Crippen LogP contribution in [-0.2, 0) is 46.2 Å². The maximum absolute atomic E-state index is 14.9. The number of imidazole rings is 2. The number of methoxy groups -OCH3 is 1. The monoisotopic (exact) mass is 791 g/mol. The number of aromatic nitrogens is 8. The van der Waals surface area contributed by atoms with Crippen LogP contribution < -0.4 is 17.0 Å². The standard InChI is InChI=1S/C30H36N10O12P2/c1-29(2,3)27(43)47-12-50-54(45)49-8-30-6-5-13(30)17(39-10-35-15-22(31)33-9-34-23(15)39)18(41)21(30)53(44)48-7-14-19(46-4)20(52-54)26(51-14)40-11-36-16-24(40)37-28(32)38-25(16)42/h5-6,9-11,13-14,17-21,26,41H,7-8,12H2,1-4H3,(H4-,31,32,33,34,37,38,42)/p+1/t13-,14-,17-,18+,19-,20-,21+,26-,30?,54?/m1/s1. The van der Waals surface area contributed by atoms with Gasteiger partial charge in [-0.05, 0) is 25.3 Å². The lowest BCUT2D eigenvalue weighted by Gasteiger charge is -2.40. The molecular weight excluding hydrogens is 754 g/mol. The third-order valence-electron chi connectivity index (χ3n) is 10.1. The molecule has 0 radical (unpaired) electrons. The van der Waals surface area contributed by atoms with Crippen LogP contribution in [-0.4, -0.2) is 107 Å². The second kappa shape index (κ2) is 13.2. The zero-order chi connectivity index (χ0) is 38.3. The number of nitrogens with one attached hydrogen (secondary N) is 1. The Balaban J connectivity index is 1.19. The number of hydrogen-bond acceptors (Lipinski definition) is 19. The Hall–Kier alpha value is -4.24. The highest BCUT2D eigenvalue weighted by atomic mass is 31.2. The first-order chi connectivity index (χ1) is 25.7. The van der Waals surface area contributed by atoms with Gasteiger partial charge in [0, 0.05) is 13.0 Å². The van der Waals surface area contributed by atoms with E-state index in [2.05, 4.69) is 29.9 Å². The minimum Gasteiger partial charge on any atom is -0.437 e. The minimum atomic E-state index is -4.83. The summed E-state index contributed by atoms with van der Waals surface area (Å²) in [5.41, 5.74) is 8.50. The van der Waals surface area contributed by atoms with E-state index in [0.29, 0.717) is 11.2 Å². The molecule has 0 amide bonds. The number of allylic oxidation sites excluding steroid dienone is 1. The van der Waals surface area contributed by atoms with E-state index in [9.17, 15) is 23.8 Å². The molecule has 288 valence electrons. The second-order valence-corrected chi connectivity index (χ2v) is 17.4. The van der Waals surface area contributed by atoms with E-state index in [4.69, 9.17) is 43.8 Å². The number of nitrogens with two attached hydrogens (primary N) is 2. The number of phosphoric acid groups is 1. The molecule has 22 nitrogen and oxygen atoms in total. The molecule has 2 bridgehead atoms. The Morgan fingerprint density at radius 3 is 2.65 bits per heavy atom. The van der Waals surface area contributed by atoms with E-state index in [0.717, 1.165) is 0 Å². The van der Waals surface area contributed by atoms with Crippen molar-refractivity contribution in [3.05, 3.63) is 41.5 Å². The van der Waals surface area contributed by atoms with Crippen LogP contribution in [0.2, 0.25) is 0 Å². The summed E-state index contributed by atoms with van der Waals surface area (Å²) in [4.78, 5) is 48.7. The molecule has 3 unspecified atom stereocenters. The lowest BCUT2D eigenvalue weighted by atomic mass is 9.68. The molecule has 4 aromatic heterocycles. The van der Waals surface area contributed by atoms with E-state index < -0.39 is 99.9 Å². The predicted octanol–water partition coefficient (Wildman–Crippen LogP) is 1.34. The summed E-state index contributed by atoms with van der Waals surface area (Å²) < 4.78 is 73.5. The van der Waals surface area contributed by atoms with Gasteiger partial charge in [0.25, 0.3) is 5.56 Å². The van der Waals surface area contributed by atoms with Gasteiger partial charge in [-0.3, -0.25) is 28.2 Å².